The van der Waals surface area contributed by atoms with Gasteiger partial charge in [0.2, 0.25) is 0 Å². The number of carbonyl (C=O) groups excluding carboxylic acids is 1. The van der Waals surface area contributed by atoms with E-state index in [0.717, 1.165) is 50.3 Å². The number of aryl methyl sites for hydroxylation is 1. The summed E-state index contributed by atoms with van der Waals surface area (Å²) in [5.74, 6) is 1.15. The number of hydrogen-bond donors (Lipinski definition) is 0. The molecule has 2 aliphatic rings. The molecule has 1 unspecified atom stereocenters. The minimum absolute atomic E-state index is 0.0418. The van der Waals surface area contributed by atoms with E-state index in [1.165, 1.54) is 0 Å². The summed E-state index contributed by atoms with van der Waals surface area (Å²) in [5.41, 5.74) is 1.56. The molecular weight excluding hydrogens is 304 g/mol. The van der Waals surface area contributed by atoms with Gasteiger partial charge in [0.25, 0.3) is 11.5 Å². The van der Waals surface area contributed by atoms with Crippen molar-refractivity contribution in [2.75, 3.05) is 13.1 Å². The summed E-state index contributed by atoms with van der Waals surface area (Å²) >= 11 is 0. The Morgan fingerprint density at radius 1 is 1.17 bits per heavy atom. The number of hydrogen-bond acceptors (Lipinski definition) is 4. The summed E-state index contributed by atoms with van der Waals surface area (Å²) in [6.45, 7) is 2.34. The number of fused-ring (bicyclic) bond motifs is 1. The number of aromatic nitrogens is 3. The van der Waals surface area contributed by atoms with Crippen LogP contribution >= 0.6 is 0 Å². The van der Waals surface area contributed by atoms with Crippen molar-refractivity contribution in [2.24, 2.45) is 0 Å². The number of likely N-dealkylation sites (tertiary alicyclic amines) is 1. The Kier molecular flexibility index (Phi) is 3.88. The summed E-state index contributed by atoms with van der Waals surface area (Å²) in [4.78, 5) is 34.6. The zero-order valence-electron chi connectivity index (χ0n) is 13.5. The molecule has 0 aromatic carbocycles. The third kappa shape index (κ3) is 2.72. The highest BCUT2D eigenvalue weighted by atomic mass is 16.2. The predicted octanol–water partition coefficient (Wildman–Crippen LogP) is 1.60. The van der Waals surface area contributed by atoms with Crippen LogP contribution in [0.15, 0.2) is 35.4 Å². The first-order valence-electron chi connectivity index (χ1n) is 8.52. The van der Waals surface area contributed by atoms with E-state index >= 15 is 0 Å². The summed E-state index contributed by atoms with van der Waals surface area (Å²) in [6, 6.07) is 5.17. The summed E-state index contributed by atoms with van der Waals surface area (Å²) in [7, 11) is 0. The van der Waals surface area contributed by atoms with E-state index < -0.39 is 0 Å². The lowest BCUT2D eigenvalue weighted by Gasteiger charge is -2.34. The number of amides is 1. The fourth-order valence-corrected chi connectivity index (χ4v) is 3.84. The molecule has 24 heavy (non-hydrogen) atoms. The molecule has 1 amide bonds. The predicted molar refractivity (Wildman–Crippen MR) is 88.9 cm³/mol. The van der Waals surface area contributed by atoms with E-state index in [4.69, 9.17) is 0 Å². The van der Waals surface area contributed by atoms with Crippen LogP contribution in [0.25, 0.3) is 0 Å². The molecule has 4 heterocycles. The lowest BCUT2D eigenvalue weighted by atomic mass is 9.93. The van der Waals surface area contributed by atoms with Crippen molar-refractivity contribution in [2.45, 2.75) is 38.1 Å². The van der Waals surface area contributed by atoms with Crippen molar-refractivity contribution in [3.05, 3.63) is 58.0 Å². The van der Waals surface area contributed by atoms with E-state index in [1.807, 2.05) is 4.90 Å². The summed E-state index contributed by atoms with van der Waals surface area (Å²) in [6.07, 6.45) is 7.15. The van der Waals surface area contributed by atoms with Crippen LogP contribution in [0, 0.1) is 0 Å². The average Bonchev–Trinajstić information content (AvgIpc) is 3.09. The number of piperidine rings is 1. The number of carbonyl (C=O) groups is 1. The van der Waals surface area contributed by atoms with Crippen LogP contribution in [-0.4, -0.2) is 38.4 Å². The second-order valence-electron chi connectivity index (χ2n) is 6.52. The van der Waals surface area contributed by atoms with Gasteiger partial charge < -0.3 is 9.47 Å². The standard InChI is InChI=1S/C18H20N4O2/c23-17-11-15(22-10-2-4-16(22)20-17)14-3-1-9-21(12-14)18(24)13-5-7-19-8-6-13/h5-8,11,14H,1-4,9-10,12H2. The molecule has 4 rings (SSSR count). The van der Waals surface area contributed by atoms with Crippen LogP contribution in [0.3, 0.4) is 0 Å². The molecule has 2 aromatic heterocycles. The van der Waals surface area contributed by atoms with Gasteiger partial charge in [0.1, 0.15) is 5.82 Å². The monoisotopic (exact) mass is 324 g/mol. The van der Waals surface area contributed by atoms with Gasteiger partial charge in [0, 0.05) is 61.7 Å². The molecule has 6 nitrogen and oxygen atoms in total. The molecular formula is C18H20N4O2. The van der Waals surface area contributed by atoms with Crippen molar-refractivity contribution in [1.82, 2.24) is 19.4 Å². The largest absolute Gasteiger partial charge is 0.338 e. The molecule has 0 aliphatic carbocycles. The lowest BCUT2D eigenvalue weighted by molar-refractivity contribution is 0.0704. The van der Waals surface area contributed by atoms with Crippen LogP contribution < -0.4 is 5.56 Å². The Morgan fingerprint density at radius 2 is 2.00 bits per heavy atom. The molecule has 2 aromatic rings. The van der Waals surface area contributed by atoms with Crippen molar-refractivity contribution in [3.8, 4) is 0 Å². The fourth-order valence-electron chi connectivity index (χ4n) is 3.84. The van der Waals surface area contributed by atoms with E-state index in [-0.39, 0.29) is 17.4 Å². The van der Waals surface area contributed by atoms with Gasteiger partial charge in [-0.25, -0.2) is 0 Å². The maximum absolute atomic E-state index is 12.7. The van der Waals surface area contributed by atoms with Gasteiger partial charge >= 0.3 is 0 Å². The number of nitrogens with zero attached hydrogens (tertiary/aromatic N) is 4. The quantitative estimate of drug-likeness (QED) is 0.841. The smallest absolute Gasteiger partial charge is 0.273 e. The first-order valence-corrected chi connectivity index (χ1v) is 8.52. The number of rotatable bonds is 2. The van der Waals surface area contributed by atoms with Gasteiger partial charge in [0.15, 0.2) is 0 Å². The minimum atomic E-state index is -0.157. The zero-order chi connectivity index (χ0) is 16.5. The molecule has 0 N–H and O–H groups in total. The van der Waals surface area contributed by atoms with Gasteiger partial charge in [-0.15, -0.1) is 0 Å². The molecule has 124 valence electrons. The van der Waals surface area contributed by atoms with E-state index in [1.54, 1.807) is 30.6 Å². The highest BCUT2D eigenvalue weighted by Crippen LogP contribution is 2.29. The van der Waals surface area contributed by atoms with Gasteiger partial charge in [-0.05, 0) is 31.4 Å². The second-order valence-corrected chi connectivity index (χ2v) is 6.52. The maximum atomic E-state index is 12.7. The van der Waals surface area contributed by atoms with Crippen LogP contribution in [0.1, 0.15) is 47.1 Å². The van der Waals surface area contributed by atoms with Gasteiger partial charge in [-0.3, -0.25) is 14.6 Å². The lowest BCUT2D eigenvalue weighted by Crippen LogP contribution is -2.40. The maximum Gasteiger partial charge on any atom is 0.273 e. The Labute approximate surface area is 140 Å². The van der Waals surface area contributed by atoms with Crippen LogP contribution in [0.4, 0.5) is 0 Å². The normalized spacial score (nSPS) is 20.0. The third-order valence-electron chi connectivity index (χ3n) is 4.97. The average molecular weight is 324 g/mol. The molecule has 1 atom stereocenters. The minimum Gasteiger partial charge on any atom is -0.338 e. The molecule has 0 saturated carbocycles. The number of pyridine rings is 1. The molecule has 1 fully saturated rings. The van der Waals surface area contributed by atoms with Crippen LogP contribution in [0.2, 0.25) is 0 Å². The van der Waals surface area contributed by atoms with Crippen LogP contribution in [-0.2, 0) is 13.0 Å². The Morgan fingerprint density at radius 3 is 2.83 bits per heavy atom. The van der Waals surface area contributed by atoms with E-state index in [0.29, 0.717) is 12.1 Å². The molecule has 1 saturated heterocycles. The van der Waals surface area contributed by atoms with Crippen molar-refractivity contribution < 1.29 is 4.79 Å². The van der Waals surface area contributed by atoms with Gasteiger partial charge in [-0.2, -0.15) is 4.98 Å². The van der Waals surface area contributed by atoms with Crippen molar-refractivity contribution >= 4 is 5.91 Å². The molecule has 0 bridgehead atoms. The van der Waals surface area contributed by atoms with Crippen molar-refractivity contribution in [1.29, 1.82) is 0 Å². The highest BCUT2D eigenvalue weighted by molar-refractivity contribution is 5.94. The topological polar surface area (TPSA) is 68.1 Å². The SMILES string of the molecule is O=C(c1ccncc1)N1CCCC(c2cc(=O)nc3n2CCC3)C1. The highest BCUT2D eigenvalue weighted by Gasteiger charge is 2.28. The summed E-state index contributed by atoms with van der Waals surface area (Å²) in [5, 5.41) is 0. The second kappa shape index (κ2) is 6.19. The molecule has 0 radical (unpaired) electrons. The van der Waals surface area contributed by atoms with Crippen LogP contribution in [0.5, 0.6) is 0 Å². The zero-order valence-corrected chi connectivity index (χ0v) is 13.5. The molecule has 0 spiro atoms. The van der Waals surface area contributed by atoms with E-state index in [2.05, 4.69) is 14.5 Å². The first-order chi connectivity index (χ1) is 11.7. The third-order valence-corrected chi connectivity index (χ3v) is 4.97. The van der Waals surface area contributed by atoms with Crippen molar-refractivity contribution in [3.63, 3.8) is 0 Å². The van der Waals surface area contributed by atoms with E-state index in [9.17, 15) is 9.59 Å². The van der Waals surface area contributed by atoms with Gasteiger partial charge in [-0.1, -0.05) is 0 Å². The van der Waals surface area contributed by atoms with Gasteiger partial charge in [0.05, 0.1) is 0 Å². The Hall–Kier alpha value is -2.50. The summed E-state index contributed by atoms with van der Waals surface area (Å²) < 4.78 is 2.19. The first kappa shape index (κ1) is 15.1. The Bertz CT molecular complexity index is 816. The molecule has 6 heteroatoms. The fraction of sp³-hybridized carbons (Fsp3) is 0.444. The molecule has 2 aliphatic heterocycles. The Balaban J connectivity index is 1.60.